The van der Waals surface area contributed by atoms with Gasteiger partial charge in [0.05, 0.1) is 0 Å². The molecule has 0 saturated carbocycles. The molecule has 1 nitrogen and oxygen atoms in total. The summed E-state index contributed by atoms with van der Waals surface area (Å²) < 4.78 is 1.48. The van der Waals surface area contributed by atoms with E-state index >= 15 is 0 Å². The summed E-state index contributed by atoms with van der Waals surface area (Å²) >= 11 is 0.550. The van der Waals surface area contributed by atoms with Crippen molar-refractivity contribution in [1.82, 2.24) is 4.98 Å². The molecule has 2 heteroatoms. The Labute approximate surface area is 78.2 Å². The topological polar surface area (TPSA) is 15.8 Å². The Morgan fingerprint density at radius 2 is 2.33 bits per heavy atom. The molecule has 12 heavy (non-hydrogen) atoms. The van der Waals surface area contributed by atoms with Crippen LogP contribution in [0.3, 0.4) is 0 Å². The fraction of sp³-hybridized carbons (Fsp3) is 0.200. The molecule has 2 aromatic rings. The predicted octanol–water partition coefficient (Wildman–Crippen LogP) is 2.30. The first-order chi connectivity index (χ1) is 5.92. The summed E-state index contributed by atoms with van der Waals surface area (Å²) in [5.74, 6) is 0. The van der Waals surface area contributed by atoms with Crippen molar-refractivity contribution in [3.63, 3.8) is 0 Å². The van der Waals surface area contributed by atoms with Gasteiger partial charge in [-0.2, -0.15) is 0 Å². The molecule has 1 N–H and O–H groups in total. The van der Waals surface area contributed by atoms with Crippen LogP contribution in [0.2, 0.25) is 0 Å². The van der Waals surface area contributed by atoms with Crippen molar-refractivity contribution in [2.24, 2.45) is 0 Å². The van der Waals surface area contributed by atoms with Crippen LogP contribution in [-0.4, -0.2) is 19.5 Å². The fourth-order valence-electron chi connectivity index (χ4n) is 1.35. The van der Waals surface area contributed by atoms with Gasteiger partial charge in [-0.1, -0.05) is 0 Å². The van der Waals surface area contributed by atoms with Gasteiger partial charge in [0.2, 0.25) is 0 Å². The Bertz CT molecular complexity index is 346. The van der Waals surface area contributed by atoms with Gasteiger partial charge in [-0.15, -0.1) is 0 Å². The van der Waals surface area contributed by atoms with E-state index in [1.807, 2.05) is 6.20 Å². The average molecular weight is 224 g/mol. The Balaban J connectivity index is 2.46. The van der Waals surface area contributed by atoms with Crippen LogP contribution in [0.15, 0.2) is 29.3 Å². The molecule has 0 aliphatic carbocycles. The van der Waals surface area contributed by atoms with Crippen molar-refractivity contribution in [3.8, 4) is 10.1 Å². The molecule has 0 unspecified atom stereocenters. The molecule has 2 aromatic heterocycles. The number of hydrogen-bond acceptors (Lipinski definition) is 0. The fourth-order valence-corrected chi connectivity index (χ4v) is 2.96. The monoisotopic (exact) mass is 225 g/mol. The number of aryl methyl sites for hydroxylation is 1. The molecule has 0 atom stereocenters. The second-order valence-electron chi connectivity index (χ2n) is 2.71. The van der Waals surface area contributed by atoms with E-state index in [2.05, 4.69) is 35.0 Å². The van der Waals surface area contributed by atoms with Gasteiger partial charge in [0.15, 0.2) is 0 Å². The zero-order valence-corrected chi connectivity index (χ0v) is 8.72. The molecule has 0 radical (unpaired) electrons. The average Bonchev–Trinajstić information content (AvgIpc) is 2.74. The van der Waals surface area contributed by atoms with Crippen molar-refractivity contribution in [1.29, 1.82) is 0 Å². The van der Waals surface area contributed by atoms with Crippen LogP contribution in [0.5, 0.6) is 0 Å². The van der Waals surface area contributed by atoms with E-state index in [0.717, 1.165) is 6.42 Å². The van der Waals surface area contributed by atoms with E-state index in [9.17, 15) is 0 Å². The summed E-state index contributed by atoms with van der Waals surface area (Å²) in [6.45, 7) is 2.20. The summed E-state index contributed by atoms with van der Waals surface area (Å²) in [6, 6.07) is 6.53. The van der Waals surface area contributed by atoms with E-state index in [-0.39, 0.29) is 0 Å². The third-order valence-corrected chi connectivity index (χ3v) is 3.84. The van der Waals surface area contributed by atoms with Crippen LogP contribution in [0, 0.1) is 0 Å². The summed E-state index contributed by atoms with van der Waals surface area (Å²) in [6.07, 6.45) is 3.15. The normalized spacial score (nSPS) is 10.4. The number of H-pyrrole nitrogens is 1. The molecule has 0 spiro atoms. The number of aromatic nitrogens is 1. The first-order valence-corrected chi connectivity index (χ1v) is 5.96. The van der Waals surface area contributed by atoms with E-state index in [4.69, 9.17) is 0 Å². The third-order valence-electron chi connectivity index (χ3n) is 1.98. The first-order valence-electron chi connectivity index (χ1n) is 4.12. The molecule has 0 aliphatic heterocycles. The first kappa shape index (κ1) is 7.90. The van der Waals surface area contributed by atoms with Gasteiger partial charge in [0.25, 0.3) is 0 Å². The Morgan fingerprint density at radius 3 is 3.00 bits per heavy atom. The zero-order chi connectivity index (χ0) is 8.39. The minimum absolute atomic E-state index is 0.550. The molecular weight excluding hydrogens is 213 g/mol. The van der Waals surface area contributed by atoms with Crippen LogP contribution >= 0.6 is 0 Å². The molecule has 0 saturated heterocycles. The summed E-state index contributed by atoms with van der Waals surface area (Å²) in [5, 5.41) is 0. The quantitative estimate of drug-likeness (QED) is 0.753. The van der Waals surface area contributed by atoms with E-state index in [1.165, 1.54) is 15.7 Å². The number of rotatable bonds is 2. The van der Waals surface area contributed by atoms with Crippen molar-refractivity contribution in [2.75, 3.05) is 0 Å². The van der Waals surface area contributed by atoms with Gasteiger partial charge in [0, 0.05) is 0 Å². The van der Waals surface area contributed by atoms with Crippen LogP contribution in [0.4, 0.5) is 0 Å². The number of hydrogen-bond donors (Lipinski definition) is 1. The number of aromatic amines is 1. The molecule has 2 rings (SSSR count). The Morgan fingerprint density at radius 1 is 1.42 bits per heavy atom. The van der Waals surface area contributed by atoms with Crippen molar-refractivity contribution >= 4 is 14.5 Å². The molecule has 0 bridgehead atoms. The minimum atomic E-state index is 0.550. The maximum absolute atomic E-state index is 3.31. The summed E-state index contributed by atoms with van der Waals surface area (Å²) in [7, 11) is 0. The number of nitrogens with one attached hydrogen (secondary N) is 1. The van der Waals surface area contributed by atoms with Crippen LogP contribution in [0.1, 0.15) is 12.5 Å². The van der Waals surface area contributed by atoms with Gasteiger partial charge in [-0.05, 0) is 0 Å². The van der Waals surface area contributed by atoms with Gasteiger partial charge in [-0.3, -0.25) is 0 Å². The van der Waals surface area contributed by atoms with Crippen LogP contribution in [-0.2, 0) is 6.42 Å². The standard InChI is InChI=1S/C10H11NSe/c1-2-8-5-6-11-10(8)9-4-3-7-12-9/h3-7,11H,2H2,1H3. The molecule has 2 heterocycles. The third kappa shape index (κ3) is 1.28. The van der Waals surface area contributed by atoms with E-state index < -0.39 is 0 Å². The van der Waals surface area contributed by atoms with Crippen LogP contribution < -0.4 is 0 Å². The molecule has 62 valence electrons. The second kappa shape index (κ2) is 3.34. The van der Waals surface area contributed by atoms with Crippen molar-refractivity contribution in [2.45, 2.75) is 13.3 Å². The van der Waals surface area contributed by atoms with Gasteiger partial charge in [-0.25, -0.2) is 0 Å². The zero-order valence-electron chi connectivity index (χ0n) is 7.00. The Hall–Kier alpha value is -0.721. The summed E-state index contributed by atoms with van der Waals surface area (Å²) in [4.78, 5) is 5.56. The van der Waals surface area contributed by atoms with Gasteiger partial charge < -0.3 is 0 Å². The van der Waals surface area contributed by atoms with E-state index in [0.29, 0.717) is 14.5 Å². The second-order valence-corrected chi connectivity index (χ2v) is 4.70. The predicted molar refractivity (Wildman–Crippen MR) is 52.5 cm³/mol. The SMILES string of the molecule is CCc1cc[nH]c1-c1ccc[se]1. The molecule has 0 amide bonds. The van der Waals surface area contributed by atoms with Crippen molar-refractivity contribution < 1.29 is 0 Å². The van der Waals surface area contributed by atoms with Crippen molar-refractivity contribution in [3.05, 3.63) is 34.9 Å². The molecule has 0 fully saturated rings. The van der Waals surface area contributed by atoms with Crippen LogP contribution in [0.25, 0.3) is 10.1 Å². The van der Waals surface area contributed by atoms with Gasteiger partial charge in [0.1, 0.15) is 0 Å². The van der Waals surface area contributed by atoms with E-state index in [1.54, 1.807) is 0 Å². The maximum atomic E-state index is 3.31. The Kier molecular flexibility index (Phi) is 2.20. The molecular formula is C10H11NSe. The van der Waals surface area contributed by atoms with Gasteiger partial charge >= 0.3 is 77.9 Å². The summed E-state index contributed by atoms with van der Waals surface area (Å²) in [5.41, 5.74) is 2.79. The molecule has 0 aromatic carbocycles. The molecule has 0 aliphatic rings.